The van der Waals surface area contributed by atoms with Crippen LogP contribution in [0, 0.1) is 0 Å². The molecule has 0 bridgehead atoms. The average molecular weight is 304 g/mol. The first-order valence-electron chi connectivity index (χ1n) is 7.41. The third-order valence-corrected chi connectivity index (χ3v) is 3.90. The number of amides is 2. The Hall–Kier alpha value is -2.37. The summed E-state index contributed by atoms with van der Waals surface area (Å²) >= 11 is 0. The number of nitrogens with one attached hydrogen (secondary N) is 2. The Balaban J connectivity index is 1.67. The molecule has 0 aliphatic heterocycles. The molecule has 6 nitrogen and oxygen atoms in total. The molecule has 1 aliphatic carbocycles. The summed E-state index contributed by atoms with van der Waals surface area (Å²) in [6.45, 7) is 0.376. The van der Waals surface area contributed by atoms with Crippen LogP contribution in [0.3, 0.4) is 0 Å². The number of carbonyl (C=O) groups is 3. The molecule has 118 valence electrons. The smallest absolute Gasteiger partial charge is 0.329 e. The van der Waals surface area contributed by atoms with Crippen molar-refractivity contribution in [2.75, 3.05) is 6.54 Å². The summed E-state index contributed by atoms with van der Waals surface area (Å²) in [5.41, 5.74) is -0.490. The zero-order valence-electron chi connectivity index (χ0n) is 12.3. The first-order valence-corrected chi connectivity index (χ1v) is 7.41. The van der Waals surface area contributed by atoms with Gasteiger partial charge in [-0.2, -0.15) is 0 Å². The van der Waals surface area contributed by atoms with Crippen LogP contribution in [0.5, 0.6) is 0 Å². The Labute approximate surface area is 128 Å². The lowest BCUT2D eigenvalue weighted by atomic mass is 9.76. The number of carboxylic acids is 1. The highest BCUT2D eigenvalue weighted by atomic mass is 16.4. The number of hydrogen-bond donors (Lipinski definition) is 3. The minimum absolute atomic E-state index is 0.179. The summed E-state index contributed by atoms with van der Waals surface area (Å²) < 4.78 is 0. The van der Waals surface area contributed by atoms with Crippen molar-refractivity contribution in [3.05, 3.63) is 35.9 Å². The Morgan fingerprint density at radius 3 is 2.36 bits per heavy atom. The van der Waals surface area contributed by atoms with E-state index in [0.29, 0.717) is 31.4 Å². The third kappa shape index (κ3) is 3.84. The van der Waals surface area contributed by atoms with Crippen molar-refractivity contribution in [3.63, 3.8) is 0 Å². The van der Waals surface area contributed by atoms with E-state index < -0.39 is 11.5 Å². The molecule has 0 unspecified atom stereocenters. The highest BCUT2D eigenvalue weighted by Gasteiger charge is 2.45. The van der Waals surface area contributed by atoms with E-state index in [-0.39, 0.29) is 18.2 Å². The van der Waals surface area contributed by atoms with Crippen molar-refractivity contribution in [2.45, 2.75) is 37.6 Å². The first-order chi connectivity index (χ1) is 10.5. The molecule has 1 saturated carbocycles. The van der Waals surface area contributed by atoms with Gasteiger partial charge in [-0.15, -0.1) is 0 Å². The van der Waals surface area contributed by atoms with Gasteiger partial charge in [0.25, 0.3) is 5.91 Å². The Morgan fingerprint density at radius 1 is 1.14 bits per heavy atom. The van der Waals surface area contributed by atoms with Gasteiger partial charge in [0.05, 0.1) is 0 Å². The molecule has 0 aromatic heterocycles. The SMILES string of the molecule is O=C(CCCNC(=O)c1ccccc1)NC1(C(=O)O)CCC1. The fourth-order valence-corrected chi connectivity index (χ4v) is 2.39. The second-order valence-electron chi connectivity index (χ2n) is 5.51. The lowest BCUT2D eigenvalue weighted by Crippen LogP contribution is -2.59. The lowest BCUT2D eigenvalue weighted by Gasteiger charge is -2.38. The number of carbonyl (C=O) groups excluding carboxylic acids is 2. The van der Waals surface area contributed by atoms with Gasteiger partial charge in [-0.3, -0.25) is 9.59 Å². The summed E-state index contributed by atoms with van der Waals surface area (Å²) in [7, 11) is 0. The van der Waals surface area contributed by atoms with Gasteiger partial charge in [0.15, 0.2) is 0 Å². The minimum Gasteiger partial charge on any atom is -0.480 e. The molecule has 0 spiro atoms. The highest BCUT2D eigenvalue weighted by Crippen LogP contribution is 2.32. The molecule has 3 N–H and O–H groups in total. The third-order valence-electron chi connectivity index (χ3n) is 3.90. The Kier molecular flexibility index (Phi) is 5.14. The van der Waals surface area contributed by atoms with Gasteiger partial charge < -0.3 is 15.7 Å². The van der Waals surface area contributed by atoms with Gasteiger partial charge in [0, 0.05) is 18.5 Å². The van der Waals surface area contributed by atoms with E-state index in [1.54, 1.807) is 24.3 Å². The molecule has 2 rings (SSSR count). The van der Waals surface area contributed by atoms with Crippen LogP contribution in [0.25, 0.3) is 0 Å². The number of rotatable bonds is 7. The van der Waals surface area contributed by atoms with Gasteiger partial charge >= 0.3 is 5.97 Å². The Morgan fingerprint density at radius 2 is 1.82 bits per heavy atom. The molecule has 1 aromatic carbocycles. The van der Waals surface area contributed by atoms with Crippen molar-refractivity contribution < 1.29 is 19.5 Å². The van der Waals surface area contributed by atoms with E-state index in [9.17, 15) is 14.4 Å². The summed E-state index contributed by atoms with van der Waals surface area (Å²) in [6.07, 6.45) is 2.46. The largest absolute Gasteiger partial charge is 0.480 e. The van der Waals surface area contributed by atoms with Gasteiger partial charge in [0.1, 0.15) is 5.54 Å². The van der Waals surface area contributed by atoms with E-state index in [2.05, 4.69) is 10.6 Å². The van der Waals surface area contributed by atoms with Crippen molar-refractivity contribution in [3.8, 4) is 0 Å². The molecule has 1 aliphatic rings. The number of aliphatic carboxylic acids is 1. The van der Waals surface area contributed by atoms with Crippen LogP contribution in [0.15, 0.2) is 30.3 Å². The molecule has 0 atom stereocenters. The second-order valence-corrected chi connectivity index (χ2v) is 5.51. The molecule has 2 amide bonds. The van der Waals surface area contributed by atoms with Gasteiger partial charge in [-0.1, -0.05) is 18.2 Å². The van der Waals surface area contributed by atoms with E-state index >= 15 is 0 Å². The Bertz CT molecular complexity index is 553. The molecule has 22 heavy (non-hydrogen) atoms. The second kappa shape index (κ2) is 7.06. The van der Waals surface area contributed by atoms with E-state index in [4.69, 9.17) is 5.11 Å². The normalized spacial score (nSPS) is 15.5. The number of hydrogen-bond acceptors (Lipinski definition) is 3. The summed E-state index contributed by atoms with van der Waals surface area (Å²) in [5, 5.41) is 14.5. The topological polar surface area (TPSA) is 95.5 Å². The van der Waals surface area contributed by atoms with Gasteiger partial charge in [-0.25, -0.2) is 4.79 Å². The molecule has 0 radical (unpaired) electrons. The summed E-state index contributed by atoms with van der Waals surface area (Å²) in [4.78, 5) is 34.7. The fraction of sp³-hybridized carbons (Fsp3) is 0.438. The molecule has 1 aromatic rings. The lowest BCUT2D eigenvalue weighted by molar-refractivity contribution is -0.151. The molecular weight excluding hydrogens is 284 g/mol. The van der Waals surface area contributed by atoms with Crippen LogP contribution >= 0.6 is 0 Å². The summed E-state index contributed by atoms with van der Waals surface area (Å²) in [5.74, 6) is -1.43. The van der Waals surface area contributed by atoms with Crippen molar-refractivity contribution in [1.29, 1.82) is 0 Å². The quantitative estimate of drug-likeness (QED) is 0.662. The minimum atomic E-state index is -1.07. The van der Waals surface area contributed by atoms with Gasteiger partial charge in [0.2, 0.25) is 5.91 Å². The molecule has 1 fully saturated rings. The van der Waals surface area contributed by atoms with Crippen LogP contribution in [0.4, 0.5) is 0 Å². The molecular formula is C16H20N2O4. The maximum absolute atomic E-state index is 11.8. The van der Waals surface area contributed by atoms with Crippen molar-refractivity contribution >= 4 is 17.8 Å². The van der Waals surface area contributed by atoms with Crippen molar-refractivity contribution in [1.82, 2.24) is 10.6 Å². The van der Waals surface area contributed by atoms with Crippen LogP contribution in [0.2, 0.25) is 0 Å². The van der Waals surface area contributed by atoms with E-state index in [0.717, 1.165) is 6.42 Å². The molecule has 6 heteroatoms. The van der Waals surface area contributed by atoms with Crippen LogP contribution in [0.1, 0.15) is 42.5 Å². The van der Waals surface area contributed by atoms with Gasteiger partial charge in [-0.05, 0) is 37.8 Å². The summed E-state index contributed by atoms with van der Waals surface area (Å²) in [6, 6.07) is 8.84. The van der Waals surface area contributed by atoms with Crippen LogP contribution < -0.4 is 10.6 Å². The first kappa shape index (κ1) is 16.0. The fourth-order valence-electron chi connectivity index (χ4n) is 2.39. The monoisotopic (exact) mass is 304 g/mol. The predicted molar refractivity (Wildman–Crippen MR) is 80.4 cm³/mol. The van der Waals surface area contributed by atoms with Crippen LogP contribution in [-0.2, 0) is 9.59 Å². The standard InChI is InChI=1S/C16H20N2O4/c19-13(18-16(15(21)22)9-5-10-16)8-4-11-17-14(20)12-6-2-1-3-7-12/h1-3,6-7H,4-5,8-11H2,(H,17,20)(H,18,19)(H,21,22). The maximum Gasteiger partial charge on any atom is 0.329 e. The highest BCUT2D eigenvalue weighted by molar-refractivity contribution is 5.94. The molecule has 0 saturated heterocycles. The van der Waals surface area contributed by atoms with E-state index in [1.807, 2.05) is 6.07 Å². The molecule has 0 heterocycles. The van der Waals surface area contributed by atoms with Crippen LogP contribution in [-0.4, -0.2) is 35.0 Å². The zero-order chi connectivity index (χ0) is 16.0. The van der Waals surface area contributed by atoms with Crippen molar-refractivity contribution in [2.24, 2.45) is 0 Å². The average Bonchev–Trinajstić information content (AvgIpc) is 2.47. The predicted octanol–water partition coefficient (Wildman–Crippen LogP) is 1.32. The number of benzene rings is 1. The number of carboxylic acid groups (broad SMARTS) is 1. The maximum atomic E-state index is 11.8. The van der Waals surface area contributed by atoms with E-state index in [1.165, 1.54) is 0 Å². The zero-order valence-corrected chi connectivity index (χ0v) is 12.3.